The fourth-order valence-electron chi connectivity index (χ4n) is 2.89. The highest BCUT2D eigenvalue weighted by Gasteiger charge is 2.14. The fraction of sp³-hybridized carbons (Fsp3) is 0.130. The maximum atomic E-state index is 12.4. The second-order valence-corrected chi connectivity index (χ2v) is 8.91. The number of rotatable bonds is 8. The molecule has 3 aromatic rings. The summed E-state index contributed by atoms with van der Waals surface area (Å²) in [7, 11) is -1.89. The Hall–Kier alpha value is -3.85. The van der Waals surface area contributed by atoms with E-state index < -0.39 is 15.7 Å². The van der Waals surface area contributed by atoms with Crippen LogP contribution in [0.15, 0.2) is 77.7 Å². The van der Waals surface area contributed by atoms with Gasteiger partial charge in [-0.3, -0.25) is 9.59 Å². The Balaban J connectivity index is 1.55. The number of hydrogen-bond acceptors (Lipinski definition) is 6. The summed E-state index contributed by atoms with van der Waals surface area (Å²) in [6.45, 7) is -0.0739. The van der Waals surface area contributed by atoms with Gasteiger partial charge in [-0.25, -0.2) is 8.42 Å². The molecule has 9 heteroatoms. The number of para-hydroxylation sites is 1. The van der Waals surface area contributed by atoms with Gasteiger partial charge in [0, 0.05) is 23.2 Å². The van der Waals surface area contributed by atoms with E-state index in [1.54, 1.807) is 67.8 Å². The molecule has 0 atom stereocenters. The third-order valence-electron chi connectivity index (χ3n) is 4.51. The Morgan fingerprint density at radius 3 is 2.09 bits per heavy atom. The summed E-state index contributed by atoms with van der Waals surface area (Å²) in [6.07, 6.45) is 1.09. The van der Waals surface area contributed by atoms with Gasteiger partial charge < -0.3 is 20.7 Å². The van der Waals surface area contributed by atoms with Gasteiger partial charge in [0.15, 0.2) is 9.84 Å². The summed E-state index contributed by atoms with van der Waals surface area (Å²) >= 11 is 0. The molecule has 0 radical (unpaired) electrons. The van der Waals surface area contributed by atoms with Crippen LogP contribution in [0.4, 0.5) is 17.1 Å². The third-order valence-corrected chi connectivity index (χ3v) is 5.66. The Labute approximate surface area is 186 Å². The Bertz CT molecular complexity index is 1210. The quantitative estimate of drug-likeness (QED) is 0.482. The molecule has 3 N–H and O–H groups in total. The summed E-state index contributed by atoms with van der Waals surface area (Å²) < 4.78 is 28.8. The molecule has 0 saturated heterocycles. The van der Waals surface area contributed by atoms with Gasteiger partial charge in [0.2, 0.25) is 5.91 Å². The molecular formula is C23H23N3O5S. The van der Waals surface area contributed by atoms with Crippen LogP contribution in [-0.4, -0.2) is 40.1 Å². The van der Waals surface area contributed by atoms with Gasteiger partial charge in [0.05, 0.1) is 24.2 Å². The summed E-state index contributed by atoms with van der Waals surface area (Å²) in [5.74, 6) is 0.0292. The van der Waals surface area contributed by atoms with Crippen LogP contribution in [0, 0.1) is 0 Å². The number of amides is 2. The molecular weight excluding hydrogens is 430 g/mol. The lowest BCUT2D eigenvalue weighted by Crippen LogP contribution is -2.22. The smallest absolute Gasteiger partial charge is 0.255 e. The predicted octanol–water partition coefficient (Wildman–Crippen LogP) is 3.40. The van der Waals surface area contributed by atoms with Crippen molar-refractivity contribution >= 4 is 38.7 Å². The van der Waals surface area contributed by atoms with E-state index in [-0.39, 0.29) is 23.0 Å². The fourth-order valence-corrected chi connectivity index (χ4v) is 3.73. The van der Waals surface area contributed by atoms with Gasteiger partial charge in [-0.15, -0.1) is 0 Å². The molecule has 0 heterocycles. The maximum absolute atomic E-state index is 12.4. The van der Waals surface area contributed by atoms with Crippen LogP contribution in [0.2, 0.25) is 0 Å². The molecule has 0 fully saturated rings. The van der Waals surface area contributed by atoms with E-state index in [9.17, 15) is 18.0 Å². The molecule has 3 rings (SSSR count). The van der Waals surface area contributed by atoms with E-state index in [1.807, 2.05) is 0 Å². The van der Waals surface area contributed by atoms with Gasteiger partial charge in [-0.05, 0) is 60.7 Å². The van der Waals surface area contributed by atoms with E-state index in [0.29, 0.717) is 22.7 Å². The Morgan fingerprint density at radius 2 is 1.47 bits per heavy atom. The number of benzene rings is 3. The lowest BCUT2D eigenvalue weighted by atomic mass is 10.2. The van der Waals surface area contributed by atoms with E-state index in [4.69, 9.17) is 4.74 Å². The topological polar surface area (TPSA) is 114 Å². The lowest BCUT2D eigenvalue weighted by molar-refractivity contribution is -0.114. The SMILES string of the molecule is COc1ccc(NC(=O)c2ccc(NCC(=O)Nc3ccccc3S(C)(=O)=O)cc2)cc1. The van der Waals surface area contributed by atoms with Crippen molar-refractivity contribution in [3.8, 4) is 5.75 Å². The molecule has 0 bridgehead atoms. The van der Waals surface area contributed by atoms with Gasteiger partial charge in [-0.1, -0.05) is 12.1 Å². The van der Waals surface area contributed by atoms with Crippen LogP contribution in [0.1, 0.15) is 10.4 Å². The average Bonchev–Trinajstić information content (AvgIpc) is 2.78. The van der Waals surface area contributed by atoms with Crippen molar-refractivity contribution in [3.63, 3.8) is 0 Å². The van der Waals surface area contributed by atoms with Crippen LogP contribution in [-0.2, 0) is 14.6 Å². The first kappa shape index (κ1) is 22.8. The third kappa shape index (κ3) is 6.08. The van der Waals surface area contributed by atoms with Gasteiger partial charge in [0.1, 0.15) is 5.75 Å². The molecule has 166 valence electrons. The number of ether oxygens (including phenoxy) is 1. The van der Waals surface area contributed by atoms with Crippen molar-refractivity contribution in [1.29, 1.82) is 0 Å². The highest BCUT2D eigenvalue weighted by Crippen LogP contribution is 2.20. The average molecular weight is 454 g/mol. The predicted molar refractivity (Wildman–Crippen MR) is 124 cm³/mol. The summed E-state index contributed by atoms with van der Waals surface area (Å²) in [5, 5.41) is 8.34. The first-order valence-corrected chi connectivity index (χ1v) is 11.5. The zero-order valence-corrected chi connectivity index (χ0v) is 18.4. The molecule has 0 spiro atoms. The minimum absolute atomic E-state index is 0.0561. The number of carbonyl (C=O) groups excluding carboxylic acids is 2. The Morgan fingerprint density at radius 1 is 0.844 bits per heavy atom. The van der Waals surface area contributed by atoms with E-state index in [0.717, 1.165) is 6.26 Å². The molecule has 0 unspecified atom stereocenters. The molecule has 32 heavy (non-hydrogen) atoms. The molecule has 8 nitrogen and oxygen atoms in total. The number of carbonyl (C=O) groups is 2. The highest BCUT2D eigenvalue weighted by atomic mass is 32.2. The summed E-state index contributed by atoms with van der Waals surface area (Å²) in [6, 6.07) is 19.8. The molecule has 0 saturated carbocycles. The Kier molecular flexibility index (Phi) is 7.11. The number of sulfone groups is 1. The largest absolute Gasteiger partial charge is 0.497 e. The van der Waals surface area contributed by atoms with Crippen LogP contribution in [0.3, 0.4) is 0 Å². The number of methoxy groups -OCH3 is 1. The molecule has 3 aromatic carbocycles. The van der Waals surface area contributed by atoms with Crippen molar-refractivity contribution in [2.45, 2.75) is 4.90 Å². The highest BCUT2D eigenvalue weighted by molar-refractivity contribution is 7.90. The van der Waals surface area contributed by atoms with Crippen LogP contribution < -0.4 is 20.7 Å². The van der Waals surface area contributed by atoms with Crippen molar-refractivity contribution in [2.24, 2.45) is 0 Å². The minimum atomic E-state index is -3.46. The van der Waals surface area contributed by atoms with Gasteiger partial charge in [0.25, 0.3) is 5.91 Å². The zero-order valence-electron chi connectivity index (χ0n) is 17.6. The minimum Gasteiger partial charge on any atom is -0.497 e. The van der Waals surface area contributed by atoms with Gasteiger partial charge in [-0.2, -0.15) is 0 Å². The number of nitrogens with one attached hydrogen (secondary N) is 3. The lowest BCUT2D eigenvalue weighted by Gasteiger charge is -2.11. The van der Waals surface area contributed by atoms with Crippen molar-refractivity contribution < 1.29 is 22.7 Å². The molecule has 2 amide bonds. The normalized spacial score (nSPS) is 10.8. The van der Waals surface area contributed by atoms with Crippen molar-refractivity contribution in [3.05, 3.63) is 78.4 Å². The van der Waals surface area contributed by atoms with E-state index in [1.165, 1.54) is 12.1 Å². The zero-order chi connectivity index (χ0) is 23.1. The van der Waals surface area contributed by atoms with E-state index in [2.05, 4.69) is 16.0 Å². The molecule has 0 aliphatic carbocycles. The summed E-state index contributed by atoms with van der Waals surface area (Å²) in [5.41, 5.74) is 1.96. The van der Waals surface area contributed by atoms with E-state index >= 15 is 0 Å². The monoisotopic (exact) mass is 453 g/mol. The maximum Gasteiger partial charge on any atom is 0.255 e. The number of anilines is 3. The van der Waals surface area contributed by atoms with Crippen molar-refractivity contribution in [1.82, 2.24) is 0 Å². The molecule has 0 aliphatic rings. The second-order valence-electron chi connectivity index (χ2n) is 6.93. The van der Waals surface area contributed by atoms with Crippen molar-refractivity contribution in [2.75, 3.05) is 35.9 Å². The second kappa shape index (κ2) is 9.97. The molecule has 0 aliphatic heterocycles. The van der Waals surface area contributed by atoms with Crippen LogP contribution in [0.25, 0.3) is 0 Å². The number of hydrogen-bond donors (Lipinski definition) is 3. The van der Waals surface area contributed by atoms with Crippen LogP contribution in [0.5, 0.6) is 5.75 Å². The van der Waals surface area contributed by atoms with Crippen LogP contribution >= 0.6 is 0 Å². The standard InChI is InChI=1S/C23H23N3O5S/c1-31-19-13-11-18(12-14-19)25-23(28)16-7-9-17(10-8-16)24-15-22(27)26-20-5-3-4-6-21(20)32(2,29)30/h3-14,24H,15H2,1-2H3,(H,25,28)(H,26,27). The first-order chi connectivity index (χ1) is 15.3. The molecule has 0 aromatic heterocycles. The van der Waals surface area contributed by atoms with Gasteiger partial charge >= 0.3 is 0 Å². The summed E-state index contributed by atoms with van der Waals surface area (Å²) in [4.78, 5) is 24.7. The first-order valence-electron chi connectivity index (χ1n) is 9.64.